The number of aromatic hydroxyl groups is 1. The van der Waals surface area contributed by atoms with Gasteiger partial charge >= 0.3 is 0 Å². The van der Waals surface area contributed by atoms with Gasteiger partial charge in [0.25, 0.3) is 0 Å². The van der Waals surface area contributed by atoms with Crippen molar-refractivity contribution in [3.05, 3.63) is 90.8 Å². The first-order chi connectivity index (χ1) is 15.7. The summed E-state index contributed by atoms with van der Waals surface area (Å²) >= 11 is 0. The Hall–Kier alpha value is -3.76. The number of hydrogen-bond acceptors (Lipinski definition) is 5. The van der Waals surface area contributed by atoms with E-state index in [2.05, 4.69) is 27.1 Å². The van der Waals surface area contributed by atoms with Gasteiger partial charge in [-0.1, -0.05) is 35.8 Å². The summed E-state index contributed by atoms with van der Waals surface area (Å²) < 4.78 is 8.02. The van der Waals surface area contributed by atoms with Gasteiger partial charge in [-0.25, -0.2) is 15.0 Å². The Morgan fingerprint density at radius 2 is 1.76 bits per heavy atom. The summed E-state index contributed by atoms with van der Waals surface area (Å²) in [5.74, 6) is 1.59. The molecule has 0 saturated heterocycles. The molecule has 0 fully saturated rings. The van der Waals surface area contributed by atoms with Gasteiger partial charge in [0.15, 0.2) is 0 Å². The molecule has 0 amide bonds. The number of nitrogens with zero attached hydrogens (tertiary/aromatic N) is 4. The maximum absolute atomic E-state index is 10.1. The Kier molecular flexibility index (Phi) is 5.31. The van der Waals surface area contributed by atoms with Gasteiger partial charge in [-0.2, -0.15) is 6.07 Å². The molecule has 0 aliphatic rings. The first-order valence-electron chi connectivity index (χ1n) is 10.2. The maximum Gasteiger partial charge on any atom is 0.232 e. The summed E-state index contributed by atoms with van der Waals surface area (Å²) in [7, 11) is 0. The molecule has 6 nitrogen and oxygen atoms in total. The molecule has 3 aromatic heterocycles. The van der Waals surface area contributed by atoms with E-state index in [0.717, 1.165) is 32.9 Å². The third-order valence-electron chi connectivity index (χ3n) is 5.43. The fourth-order valence-electron chi connectivity index (χ4n) is 3.97. The summed E-state index contributed by atoms with van der Waals surface area (Å²) in [6.45, 7) is 1.94. The molecule has 0 aliphatic heterocycles. The molecule has 3 heterocycles. The molecular weight excluding hydrogens is 595 g/mol. The van der Waals surface area contributed by atoms with E-state index < -0.39 is 0 Å². The zero-order valence-corrected chi connectivity index (χ0v) is 19.7. The number of para-hydroxylation sites is 2. The van der Waals surface area contributed by atoms with Gasteiger partial charge in [-0.05, 0) is 36.6 Å². The van der Waals surface area contributed by atoms with E-state index in [4.69, 9.17) is 4.74 Å². The average molecular weight is 613 g/mol. The zero-order chi connectivity index (χ0) is 21.7. The SMILES string of the molecule is Cc1ccnc(-n2c3[c-]c(Oc4ccc5cccc(O)c5n4)ccc3c3ccccc32)n1.[Pt]. The van der Waals surface area contributed by atoms with Gasteiger partial charge < -0.3 is 14.4 Å². The first-order valence-corrected chi connectivity index (χ1v) is 10.2. The van der Waals surface area contributed by atoms with Crippen LogP contribution in [-0.2, 0) is 21.1 Å². The molecular formula is C26H17N4O2Pt-. The van der Waals surface area contributed by atoms with E-state index in [-0.39, 0.29) is 26.8 Å². The second-order valence-corrected chi connectivity index (χ2v) is 7.54. The van der Waals surface area contributed by atoms with Crippen molar-refractivity contribution in [2.75, 3.05) is 0 Å². The minimum Gasteiger partial charge on any atom is -0.506 e. The van der Waals surface area contributed by atoms with E-state index in [0.29, 0.717) is 23.1 Å². The van der Waals surface area contributed by atoms with Crippen LogP contribution in [-0.4, -0.2) is 24.6 Å². The minimum absolute atomic E-state index is 0. The molecule has 0 unspecified atom stereocenters. The largest absolute Gasteiger partial charge is 0.506 e. The summed E-state index contributed by atoms with van der Waals surface area (Å²) in [6, 6.07) is 26.2. The van der Waals surface area contributed by atoms with Crippen LogP contribution in [0.15, 0.2) is 79.0 Å². The van der Waals surface area contributed by atoms with Crippen LogP contribution in [0.25, 0.3) is 38.7 Å². The van der Waals surface area contributed by atoms with E-state index in [1.165, 1.54) is 0 Å². The Bertz CT molecular complexity index is 1640. The number of fused-ring (bicyclic) bond motifs is 4. The third kappa shape index (κ3) is 3.62. The third-order valence-corrected chi connectivity index (χ3v) is 5.43. The van der Waals surface area contributed by atoms with Crippen LogP contribution in [0.4, 0.5) is 0 Å². The Balaban J connectivity index is 0.00000228. The van der Waals surface area contributed by atoms with Crippen LogP contribution >= 0.6 is 0 Å². The zero-order valence-electron chi connectivity index (χ0n) is 17.5. The van der Waals surface area contributed by atoms with Crippen molar-refractivity contribution in [1.82, 2.24) is 19.5 Å². The molecule has 0 spiro atoms. The van der Waals surface area contributed by atoms with Crippen molar-refractivity contribution < 1.29 is 30.9 Å². The van der Waals surface area contributed by atoms with Gasteiger partial charge in [0.1, 0.15) is 11.3 Å². The number of aryl methyl sites for hydroxylation is 1. The predicted molar refractivity (Wildman–Crippen MR) is 123 cm³/mol. The monoisotopic (exact) mass is 612 g/mol. The fourth-order valence-corrected chi connectivity index (χ4v) is 3.97. The van der Waals surface area contributed by atoms with Crippen LogP contribution in [0.5, 0.6) is 17.4 Å². The number of pyridine rings is 1. The molecule has 6 rings (SSSR count). The molecule has 33 heavy (non-hydrogen) atoms. The molecule has 0 radical (unpaired) electrons. The fraction of sp³-hybridized carbons (Fsp3) is 0.0385. The maximum atomic E-state index is 10.1. The Morgan fingerprint density at radius 1 is 0.879 bits per heavy atom. The van der Waals surface area contributed by atoms with Crippen molar-refractivity contribution in [2.24, 2.45) is 0 Å². The molecule has 0 bridgehead atoms. The molecule has 0 atom stereocenters. The number of rotatable bonds is 3. The van der Waals surface area contributed by atoms with Crippen LogP contribution in [0.3, 0.4) is 0 Å². The van der Waals surface area contributed by atoms with Gasteiger partial charge in [0.05, 0.1) is 0 Å². The molecule has 164 valence electrons. The standard InChI is InChI=1S/C26H17N4O2.Pt/c1-16-13-14-27-26(28-16)30-21-7-3-2-6-19(21)20-11-10-18(15-22(20)30)32-24-12-9-17-5-4-8-23(31)25(17)29-24;/h2-14,31H,1H3;/q-1;. The van der Waals surface area contributed by atoms with Gasteiger partial charge in [0.2, 0.25) is 11.8 Å². The molecule has 0 saturated carbocycles. The topological polar surface area (TPSA) is 73.1 Å². The number of phenolic OH excluding ortho intramolecular Hbond substituents is 1. The van der Waals surface area contributed by atoms with Gasteiger partial charge in [-0.3, -0.25) is 0 Å². The molecule has 0 aliphatic carbocycles. The van der Waals surface area contributed by atoms with Crippen molar-refractivity contribution in [1.29, 1.82) is 0 Å². The van der Waals surface area contributed by atoms with Crippen molar-refractivity contribution >= 4 is 32.7 Å². The number of aromatic nitrogens is 4. The van der Waals surface area contributed by atoms with Crippen LogP contribution < -0.4 is 4.74 Å². The van der Waals surface area contributed by atoms with E-state index in [1.807, 2.05) is 60.0 Å². The summed E-state index contributed by atoms with van der Waals surface area (Å²) in [5.41, 5.74) is 3.19. The number of ether oxygens (including phenoxy) is 1. The number of hydrogen-bond donors (Lipinski definition) is 1. The second kappa shape index (κ2) is 8.30. The molecule has 3 aromatic carbocycles. The van der Waals surface area contributed by atoms with Crippen LogP contribution in [0, 0.1) is 13.0 Å². The van der Waals surface area contributed by atoms with E-state index >= 15 is 0 Å². The van der Waals surface area contributed by atoms with E-state index in [9.17, 15) is 5.11 Å². The smallest absolute Gasteiger partial charge is 0.232 e. The molecule has 7 heteroatoms. The molecule has 6 aromatic rings. The molecule has 1 N–H and O–H groups in total. The normalized spacial score (nSPS) is 11.1. The van der Waals surface area contributed by atoms with Gasteiger partial charge in [-0.15, -0.1) is 17.5 Å². The minimum atomic E-state index is 0. The number of benzene rings is 3. The van der Waals surface area contributed by atoms with Gasteiger partial charge in [0, 0.05) is 55.7 Å². The predicted octanol–water partition coefficient (Wildman–Crippen LogP) is 5.73. The van der Waals surface area contributed by atoms with Crippen molar-refractivity contribution in [3.63, 3.8) is 0 Å². The summed E-state index contributed by atoms with van der Waals surface area (Å²) in [4.78, 5) is 13.6. The van der Waals surface area contributed by atoms with Crippen molar-refractivity contribution in [3.8, 4) is 23.3 Å². The van der Waals surface area contributed by atoms with Crippen molar-refractivity contribution in [2.45, 2.75) is 6.92 Å². The Labute approximate surface area is 203 Å². The van der Waals surface area contributed by atoms with Crippen LogP contribution in [0.2, 0.25) is 0 Å². The average Bonchev–Trinajstić information content (AvgIpc) is 3.13. The van der Waals surface area contributed by atoms with Crippen LogP contribution in [0.1, 0.15) is 5.69 Å². The number of phenols is 1. The second-order valence-electron chi connectivity index (χ2n) is 7.54. The first kappa shape index (κ1) is 21.1. The summed E-state index contributed by atoms with van der Waals surface area (Å²) in [5, 5.41) is 13.1. The summed E-state index contributed by atoms with van der Waals surface area (Å²) in [6.07, 6.45) is 1.75. The quantitative estimate of drug-likeness (QED) is 0.259. The van der Waals surface area contributed by atoms with E-state index in [1.54, 1.807) is 24.4 Å². The Morgan fingerprint density at radius 3 is 2.64 bits per heavy atom.